The first kappa shape index (κ1) is 13.1. The molecule has 1 atom stereocenters. The van der Waals surface area contributed by atoms with Crippen LogP contribution in [0.3, 0.4) is 0 Å². The lowest BCUT2D eigenvalue weighted by Gasteiger charge is -2.34. The lowest BCUT2D eigenvalue weighted by atomic mass is 9.82. The molecule has 0 radical (unpaired) electrons. The van der Waals surface area contributed by atoms with E-state index in [4.69, 9.17) is 4.74 Å². The number of rotatable bonds is 4. The first-order valence-corrected chi connectivity index (χ1v) is 7.34. The molecule has 1 aliphatic heterocycles. The van der Waals surface area contributed by atoms with Gasteiger partial charge >= 0.3 is 0 Å². The minimum atomic E-state index is 0.414. The van der Waals surface area contributed by atoms with Crippen molar-refractivity contribution in [1.29, 1.82) is 0 Å². The molecule has 1 aromatic heterocycles. The fourth-order valence-corrected chi connectivity index (χ4v) is 3.32. The second-order valence-electron chi connectivity index (χ2n) is 5.49. The van der Waals surface area contributed by atoms with E-state index in [1.165, 1.54) is 23.3 Å². The van der Waals surface area contributed by atoms with Gasteiger partial charge in [-0.1, -0.05) is 6.92 Å². The second-order valence-corrected chi connectivity index (χ2v) is 6.44. The van der Waals surface area contributed by atoms with Crippen molar-refractivity contribution < 1.29 is 4.74 Å². The van der Waals surface area contributed by atoms with Crippen molar-refractivity contribution in [3.05, 3.63) is 21.9 Å². The Morgan fingerprint density at radius 3 is 2.76 bits per heavy atom. The molecule has 1 fully saturated rings. The van der Waals surface area contributed by atoms with Crippen LogP contribution in [0.1, 0.15) is 43.2 Å². The van der Waals surface area contributed by atoms with Gasteiger partial charge in [0.25, 0.3) is 0 Å². The zero-order chi connectivity index (χ0) is 12.3. The molecular formula is C14H23NOS. The van der Waals surface area contributed by atoms with E-state index in [0.717, 1.165) is 19.8 Å². The second kappa shape index (κ2) is 5.51. The summed E-state index contributed by atoms with van der Waals surface area (Å²) in [4.78, 5) is 1.47. The minimum Gasteiger partial charge on any atom is -0.381 e. The molecule has 0 aliphatic carbocycles. The van der Waals surface area contributed by atoms with Crippen molar-refractivity contribution in [2.75, 3.05) is 19.8 Å². The highest BCUT2D eigenvalue weighted by molar-refractivity contribution is 7.10. The number of nitrogens with one attached hydrogen (secondary N) is 1. The summed E-state index contributed by atoms with van der Waals surface area (Å²) in [5.41, 5.74) is 1.82. The van der Waals surface area contributed by atoms with Crippen molar-refractivity contribution >= 4 is 11.3 Å². The van der Waals surface area contributed by atoms with Gasteiger partial charge in [-0.2, -0.15) is 0 Å². The highest BCUT2D eigenvalue weighted by atomic mass is 32.1. The predicted molar refractivity (Wildman–Crippen MR) is 73.6 cm³/mol. The molecule has 3 heteroatoms. The van der Waals surface area contributed by atoms with Crippen LogP contribution in [0.15, 0.2) is 11.4 Å². The summed E-state index contributed by atoms with van der Waals surface area (Å²) < 4.78 is 5.44. The van der Waals surface area contributed by atoms with Crippen LogP contribution in [0.4, 0.5) is 0 Å². The predicted octanol–water partition coefficient (Wildman–Crippen LogP) is 3.52. The lowest BCUT2D eigenvalue weighted by molar-refractivity contribution is 0.0231. The van der Waals surface area contributed by atoms with E-state index in [-0.39, 0.29) is 0 Å². The molecule has 2 rings (SSSR count). The first-order chi connectivity index (χ1) is 8.11. The molecule has 0 spiro atoms. The normalized spacial score (nSPS) is 21.4. The summed E-state index contributed by atoms with van der Waals surface area (Å²) in [5.74, 6) is 0. The van der Waals surface area contributed by atoms with Crippen LogP contribution in [-0.4, -0.2) is 19.8 Å². The van der Waals surface area contributed by atoms with Gasteiger partial charge in [-0.25, -0.2) is 0 Å². The number of thiophene rings is 1. The Morgan fingerprint density at radius 2 is 2.18 bits per heavy atom. The van der Waals surface area contributed by atoms with Gasteiger partial charge < -0.3 is 10.1 Å². The van der Waals surface area contributed by atoms with E-state index in [1.54, 1.807) is 0 Å². The minimum absolute atomic E-state index is 0.414. The van der Waals surface area contributed by atoms with Crippen molar-refractivity contribution in [3.63, 3.8) is 0 Å². The Kier molecular flexibility index (Phi) is 4.23. The molecule has 0 saturated carbocycles. The highest BCUT2D eigenvalue weighted by Crippen LogP contribution is 2.30. The van der Waals surface area contributed by atoms with Crippen molar-refractivity contribution in [2.45, 2.75) is 39.7 Å². The molecule has 2 heterocycles. The average molecular weight is 253 g/mol. The van der Waals surface area contributed by atoms with Crippen LogP contribution in [-0.2, 0) is 4.74 Å². The average Bonchev–Trinajstić information content (AvgIpc) is 2.74. The molecule has 1 N–H and O–H groups in total. The van der Waals surface area contributed by atoms with Gasteiger partial charge in [-0.3, -0.25) is 0 Å². The largest absolute Gasteiger partial charge is 0.381 e. The van der Waals surface area contributed by atoms with Crippen LogP contribution >= 0.6 is 11.3 Å². The number of hydrogen-bond acceptors (Lipinski definition) is 3. The Labute approximate surface area is 108 Å². The van der Waals surface area contributed by atoms with E-state index in [1.807, 2.05) is 11.3 Å². The summed E-state index contributed by atoms with van der Waals surface area (Å²) >= 11 is 1.86. The summed E-state index contributed by atoms with van der Waals surface area (Å²) in [5, 5.41) is 5.87. The van der Waals surface area contributed by atoms with Crippen molar-refractivity contribution in [1.82, 2.24) is 5.32 Å². The molecule has 0 aromatic carbocycles. The van der Waals surface area contributed by atoms with Crippen molar-refractivity contribution in [3.8, 4) is 0 Å². The SMILES string of the molecule is Cc1ccsc1C(C)NCC1(C)CCOCC1. The van der Waals surface area contributed by atoms with Crippen molar-refractivity contribution in [2.24, 2.45) is 5.41 Å². The van der Waals surface area contributed by atoms with Gasteiger partial charge in [-0.15, -0.1) is 11.3 Å². The highest BCUT2D eigenvalue weighted by Gasteiger charge is 2.27. The van der Waals surface area contributed by atoms with Crippen LogP contribution in [0.25, 0.3) is 0 Å². The van der Waals surface area contributed by atoms with Crippen LogP contribution in [0.2, 0.25) is 0 Å². The van der Waals surface area contributed by atoms with Gasteiger partial charge in [0.15, 0.2) is 0 Å². The Hall–Kier alpha value is -0.380. The third-order valence-electron chi connectivity index (χ3n) is 3.83. The fourth-order valence-electron chi connectivity index (χ4n) is 2.36. The van der Waals surface area contributed by atoms with Crippen LogP contribution in [0.5, 0.6) is 0 Å². The quantitative estimate of drug-likeness (QED) is 0.886. The maximum atomic E-state index is 5.44. The molecule has 1 aromatic rings. The molecular weight excluding hydrogens is 230 g/mol. The Balaban J connectivity index is 1.87. The van der Waals surface area contributed by atoms with Gasteiger partial charge in [0.2, 0.25) is 0 Å². The molecule has 1 aliphatic rings. The number of ether oxygens (including phenoxy) is 1. The third-order valence-corrected chi connectivity index (χ3v) is 5.03. The topological polar surface area (TPSA) is 21.3 Å². The van der Waals surface area contributed by atoms with Gasteiger partial charge in [-0.05, 0) is 49.1 Å². The number of hydrogen-bond donors (Lipinski definition) is 1. The fraction of sp³-hybridized carbons (Fsp3) is 0.714. The molecule has 17 heavy (non-hydrogen) atoms. The van der Waals surface area contributed by atoms with E-state index >= 15 is 0 Å². The molecule has 1 unspecified atom stereocenters. The van der Waals surface area contributed by atoms with E-state index in [2.05, 4.69) is 37.5 Å². The summed E-state index contributed by atoms with van der Waals surface area (Å²) in [6, 6.07) is 2.67. The van der Waals surface area contributed by atoms with Gasteiger partial charge in [0, 0.05) is 30.7 Å². The maximum absolute atomic E-state index is 5.44. The molecule has 2 nitrogen and oxygen atoms in total. The van der Waals surface area contributed by atoms with E-state index < -0.39 is 0 Å². The molecule has 96 valence electrons. The first-order valence-electron chi connectivity index (χ1n) is 6.46. The molecule has 0 amide bonds. The monoisotopic (exact) mass is 253 g/mol. The standard InChI is InChI=1S/C14H23NOS/c1-11-4-9-17-13(11)12(2)15-10-14(3)5-7-16-8-6-14/h4,9,12,15H,5-8,10H2,1-3H3. The Bertz CT molecular complexity index is 355. The van der Waals surface area contributed by atoms with Gasteiger partial charge in [0.05, 0.1) is 0 Å². The summed E-state index contributed by atoms with van der Waals surface area (Å²) in [6.07, 6.45) is 2.35. The summed E-state index contributed by atoms with van der Waals surface area (Å²) in [6.45, 7) is 9.77. The lowest BCUT2D eigenvalue weighted by Crippen LogP contribution is -2.37. The summed E-state index contributed by atoms with van der Waals surface area (Å²) in [7, 11) is 0. The number of aryl methyl sites for hydroxylation is 1. The maximum Gasteiger partial charge on any atom is 0.0471 e. The van der Waals surface area contributed by atoms with Gasteiger partial charge in [0.1, 0.15) is 0 Å². The molecule has 1 saturated heterocycles. The smallest absolute Gasteiger partial charge is 0.0471 e. The molecule has 0 bridgehead atoms. The van der Waals surface area contributed by atoms with E-state index in [0.29, 0.717) is 11.5 Å². The Morgan fingerprint density at radius 1 is 1.47 bits per heavy atom. The van der Waals surface area contributed by atoms with Crippen LogP contribution < -0.4 is 5.32 Å². The van der Waals surface area contributed by atoms with Crippen LogP contribution in [0, 0.1) is 12.3 Å². The third kappa shape index (κ3) is 3.30. The zero-order valence-corrected chi connectivity index (χ0v) is 11.9. The zero-order valence-electron chi connectivity index (χ0n) is 11.1. The van der Waals surface area contributed by atoms with E-state index in [9.17, 15) is 0 Å².